The van der Waals surface area contributed by atoms with E-state index in [1.165, 1.54) is 26.5 Å². The lowest BCUT2D eigenvalue weighted by molar-refractivity contribution is 1.10. The fourth-order valence-corrected chi connectivity index (χ4v) is 3.12. The third-order valence-electron chi connectivity index (χ3n) is 3.56. The second kappa shape index (κ2) is 8.84. The fourth-order valence-electron chi connectivity index (χ4n) is 2.26. The Morgan fingerprint density at radius 2 is 2.00 bits per heavy atom. The summed E-state index contributed by atoms with van der Waals surface area (Å²) in [7, 11) is 1.81. The van der Waals surface area contributed by atoms with Crippen molar-refractivity contribution in [3.8, 4) is 0 Å². The molecule has 2 nitrogen and oxygen atoms in total. The Morgan fingerprint density at radius 1 is 1.32 bits per heavy atom. The molecule has 0 atom stereocenters. The predicted octanol–water partition coefficient (Wildman–Crippen LogP) is 5.57. The predicted molar refractivity (Wildman–Crippen MR) is 102 cm³/mol. The van der Waals surface area contributed by atoms with Crippen molar-refractivity contribution >= 4 is 23.2 Å². The number of allylic oxidation sites excluding steroid dienone is 2. The zero-order valence-corrected chi connectivity index (χ0v) is 15.5. The normalized spacial score (nSPS) is 12.5. The highest BCUT2D eigenvalue weighted by molar-refractivity contribution is 8.03. The third-order valence-corrected chi connectivity index (χ3v) is 4.66. The Morgan fingerprint density at radius 3 is 2.50 bits per heavy atom. The first-order valence-corrected chi connectivity index (χ1v) is 8.60. The van der Waals surface area contributed by atoms with Crippen molar-refractivity contribution in [2.45, 2.75) is 52.4 Å². The van der Waals surface area contributed by atoms with Crippen molar-refractivity contribution in [3.05, 3.63) is 46.5 Å². The summed E-state index contributed by atoms with van der Waals surface area (Å²) < 4.78 is 0. The first-order chi connectivity index (χ1) is 10.4. The molecule has 1 aromatic carbocycles. The highest BCUT2D eigenvalue weighted by Crippen LogP contribution is 2.33. The quantitative estimate of drug-likeness (QED) is 0.421. The van der Waals surface area contributed by atoms with Crippen LogP contribution in [0.2, 0.25) is 0 Å². The number of aryl methyl sites for hydroxylation is 2. The minimum absolute atomic E-state index is 0.912. The van der Waals surface area contributed by atoms with Gasteiger partial charge in [-0.25, -0.2) is 0 Å². The van der Waals surface area contributed by atoms with Gasteiger partial charge < -0.3 is 5.32 Å². The molecule has 0 bridgehead atoms. The maximum atomic E-state index is 4.20. The average Bonchev–Trinajstić information content (AvgIpc) is 2.49. The number of benzene rings is 1. The molecule has 120 valence electrons. The molecule has 0 saturated carbocycles. The minimum Gasteiger partial charge on any atom is -0.350 e. The molecule has 0 amide bonds. The Labute approximate surface area is 139 Å². The fraction of sp³-hybridized carbons (Fsp3) is 0.421. The smallest absolute Gasteiger partial charge is 0.0996 e. The van der Waals surface area contributed by atoms with Gasteiger partial charge in [0.05, 0.1) is 5.84 Å². The second-order valence-electron chi connectivity index (χ2n) is 5.43. The molecular formula is C19H28N2S. The lowest BCUT2D eigenvalue weighted by Gasteiger charge is -2.14. The van der Waals surface area contributed by atoms with Gasteiger partial charge in [0.25, 0.3) is 0 Å². The van der Waals surface area contributed by atoms with Crippen LogP contribution in [0.4, 0.5) is 0 Å². The molecule has 0 saturated heterocycles. The Hall–Kier alpha value is -1.48. The Balaban J connectivity index is 3.00. The highest BCUT2D eigenvalue weighted by atomic mass is 32.2. The summed E-state index contributed by atoms with van der Waals surface area (Å²) in [6.45, 7) is 14.8. The van der Waals surface area contributed by atoms with Gasteiger partial charge in [-0.15, -0.1) is 0 Å². The van der Waals surface area contributed by atoms with Crippen LogP contribution in [-0.4, -0.2) is 12.9 Å². The molecule has 3 heteroatoms. The molecule has 22 heavy (non-hydrogen) atoms. The van der Waals surface area contributed by atoms with Crippen LogP contribution in [0.25, 0.3) is 5.57 Å². The lowest BCUT2D eigenvalue weighted by Crippen LogP contribution is -2.16. The topological polar surface area (TPSA) is 24.4 Å². The van der Waals surface area contributed by atoms with Crippen LogP contribution in [0, 0.1) is 6.92 Å². The number of nitrogens with zero attached hydrogens (tertiary/aromatic N) is 1. The van der Waals surface area contributed by atoms with Crippen LogP contribution in [0.1, 0.15) is 50.8 Å². The Kier molecular flexibility index (Phi) is 7.46. The highest BCUT2D eigenvalue weighted by Gasteiger charge is 2.08. The largest absolute Gasteiger partial charge is 0.350 e. The summed E-state index contributed by atoms with van der Waals surface area (Å²) >= 11 is 1.79. The molecule has 1 aromatic rings. The van der Waals surface area contributed by atoms with Crippen molar-refractivity contribution in [2.24, 2.45) is 4.99 Å². The van der Waals surface area contributed by atoms with Gasteiger partial charge in [-0.05, 0) is 49.9 Å². The zero-order valence-electron chi connectivity index (χ0n) is 14.7. The van der Waals surface area contributed by atoms with E-state index in [0.29, 0.717) is 0 Å². The van der Waals surface area contributed by atoms with E-state index in [1.54, 1.807) is 11.8 Å². The number of hydrogen-bond donors (Lipinski definition) is 1. The van der Waals surface area contributed by atoms with Crippen LogP contribution in [0.5, 0.6) is 0 Å². The molecule has 0 radical (unpaired) electrons. The van der Waals surface area contributed by atoms with E-state index >= 15 is 0 Å². The van der Waals surface area contributed by atoms with Gasteiger partial charge in [-0.3, -0.25) is 4.99 Å². The van der Waals surface area contributed by atoms with Crippen molar-refractivity contribution < 1.29 is 0 Å². The summed E-state index contributed by atoms with van der Waals surface area (Å²) in [5, 5.41) is 3.27. The van der Waals surface area contributed by atoms with E-state index in [2.05, 4.69) is 63.6 Å². The van der Waals surface area contributed by atoms with E-state index in [0.717, 1.165) is 24.3 Å². The number of rotatable bonds is 6. The molecule has 1 N–H and O–H groups in total. The summed E-state index contributed by atoms with van der Waals surface area (Å²) in [6.07, 6.45) is 3.98. The van der Waals surface area contributed by atoms with Gasteiger partial charge in [0.1, 0.15) is 0 Å². The first kappa shape index (κ1) is 18.6. The van der Waals surface area contributed by atoms with Gasteiger partial charge in [-0.1, -0.05) is 43.8 Å². The number of nitrogens with one attached hydrogen (secondary N) is 1. The van der Waals surface area contributed by atoms with Crippen molar-refractivity contribution in [1.29, 1.82) is 0 Å². The van der Waals surface area contributed by atoms with Crippen LogP contribution < -0.4 is 5.32 Å². The maximum Gasteiger partial charge on any atom is 0.0996 e. The van der Waals surface area contributed by atoms with Crippen LogP contribution in [0.3, 0.4) is 0 Å². The van der Waals surface area contributed by atoms with Gasteiger partial charge >= 0.3 is 0 Å². The van der Waals surface area contributed by atoms with Gasteiger partial charge in [0.2, 0.25) is 0 Å². The molecule has 0 aliphatic carbocycles. The van der Waals surface area contributed by atoms with E-state index in [-0.39, 0.29) is 0 Å². The third kappa shape index (κ3) is 5.06. The number of amidine groups is 1. The zero-order chi connectivity index (χ0) is 16.7. The lowest BCUT2D eigenvalue weighted by atomic mass is 9.98. The molecule has 0 spiro atoms. The van der Waals surface area contributed by atoms with Crippen LogP contribution in [0.15, 0.2) is 39.7 Å². The summed E-state index contributed by atoms with van der Waals surface area (Å²) in [5.74, 6) is 1.00. The first-order valence-electron chi connectivity index (χ1n) is 7.79. The molecule has 1 rings (SSSR count). The molecule has 0 aliphatic rings. The van der Waals surface area contributed by atoms with E-state index in [9.17, 15) is 0 Å². The molecule has 0 heterocycles. The van der Waals surface area contributed by atoms with Crippen LogP contribution in [-0.2, 0) is 6.42 Å². The van der Waals surface area contributed by atoms with E-state index in [4.69, 9.17) is 0 Å². The molecule has 0 fully saturated rings. The van der Waals surface area contributed by atoms with Crippen LogP contribution >= 0.6 is 11.8 Å². The van der Waals surface area contributed by atoms with Gasteiger partial charge in [-0.2, -0.15) is 0 Å². The summed E-state index contributed by atoms with van der Waals surface area (Å²) in [6, 6.07) is 4.56. The van der Waals surface area contributed by atoms with E-state index in [1.807, 2.05) is 13.2 Å². The van der Waals surface area contributed by atoms with Crippen molar-refractivity contribution in [2.75, 3.05) is 7.05 Å². The second-order valence-corrected chi connectivity index (χ2v) is 6.72. The monoisotopic (exact) mass is 316 g/mol. The van der Waals surface area contributed by atoms with Crippen molar-refractivity contribution in [3.63, 3.8) is 0 Å². The molecular weight excluding hydrogens is 288 g/mol. The maximum absolute atomic E-state index is 4.20. The van der Waals surface area contributed by atoms with Gasteiger partial charge in [0, 0.05) is 29.5 Å². The summed E-state index contributed by atoms with van der Waals surface area (Å²) in [4.78, 5) is 6.71. The van der Waals surface area contributed by atoms with Crippen molar-refractivity contribution in [1.82, 2.24) is 5.32 Å². The number of aliphatic imine (C=N–C) groups is 1. The van der Waals surface area contributed by atoms with Gasteiger partial charge in [0.15, 0.2) is 0 Å². The standard InChI is InChI=1S/C19H28N2S/c1-8-16-10-14(5)18(11-17(16)13(3)4)22-15(6)12-21-19(9-2)20-7/h10-12H,3,8-9H2,1-2,4-7H3,(H,20,21)/b15-12+. The number of thioether (sulfide) groups is 1. The average molecular weight is 317 g/mol. The molecule has 0 aliphatic heterocycles. The number of hydrogen-bond acceptors (Lipinski definition) is 2. The molecule has 0 aromatic heterocycles. The molecule has 0 unspecified atom stereocenters. The minimum atomic E-state index is 0.912. The summed E-state index contributed by atoms with van der Waals surface area (Å²) in [5.41, 5.74) is 5.10. The Bertz CT molecular complexity index is 598. The SMILES string of the molecule is C=C(C)c1cc(S/C(C)=C/NC(CC)=NC)c(C)cc1CC. The van der Waals surface area contributed by atoms with E-state index < -0.39 is 0 Å².